The number of hydrogen-bond donors (Lipinski definition) is 3. The average Bonchev–Trinajstić information content (AvgIpc) is 2.66. The van der Waals surface area contributed by atoms with Crippen LogP contribution in [0.4, 0.5) is 0 Å². The number of ether oxygens (including phenoxy) is 1. The first-order valence-electron chi connectivity index (χ1n) is 9.53. The number of benzene rings is 1. The van der Waals surface area contributed by atoms with E-state index in [1.54, 1.807) is 7.11 Å². The van der Waals surface area contributed by atoms with Crippen molar-refractivity contribution in [2.24, 2.45) is 10.9 Å². The highest BCUT2D eigenvalue weighted by Gasteiger charge is 2.21. The maximum atomic E-state index is 10.4. The smallest absolute Gasteiger partial charge is 0.191 e. The molecule has 1 aromatic carbocycles. The van der Waals surface area contributed by atoms with Crippen LogP contribution in [0.2, 0.25) is 0 Å². The van der Waals surface area contributed by atoms with Gasteiger partial charge in [-0.1, -0.05) is 38.3 Å². The number of hydrogen-bond acceptors (Lipinski definition) is 3. The van der Waals surface area contributed by atoms with Gasteiger partial charge in [0.15, 0.2) is 5.96 Å². The van der Waals surface area contributed by atoms with Gasteiger partial charge in [-0.3, -0.25) is 4.99 Å². The van der Waals surface area contributed by atoms with Gasteiger partial charge in [-0.25, -0.2) is 0 Å². The predicted molar refractivity (Wildman–Crippen MR) is 119 cm³/mol. The molecule has 0 spiro atoms. The molecule has 0 bridgehead atoms. The molecule has 1 fully saturated rings. The Hall–Kier alpha value is -1.02. The highest BCUT2D eigenvalue weighted by molar-refractivity contribution is 14.0. The van der Waals surface area contributed by atoms with Crippen molar-refractivity contribution in [3.63, 3.8) is 0 Å². The molecule has 1 aliphatic carbocycles. The molecule has 26 heavy (non-hydrogen) atoms. The fourth-order valence-electron chi connectivity index (χ4n) is 3.44. The Labute approximate surface area is 175 Å². The quantitative estimate of drug-likeness (QED) is 0.318. The minimum atomic E-state index is -0.639. The maximum Gasteiger partial charge on any atom is 0.191 e. The minimum absolute atomic E-state index is 0. The van der Waals surface area contributed by atoms with Crippen molar-refractivity contribution >= 4 is 29.9 Å². The van der Waals surface area contributed by atoms with Gasteiger partial charge in [0, 0.05) is 12.6 Å². The van der Waals surface area contributed by atoms with Crippen molar-refractivity contribution in [3.05, 3.63) is 29.8 Å². The zero-order valence-electron chi connectivity index (χ0n) is 16.2. The van der Waals surface area contributed by atoms with E-state index in [-0.39, 0.29) is 24.0 Å². The van der Waals surface area contributed by atoms with Crippen molar-refractivity contribution in [2.75, 3.05) is 20.2 Å². The van der Waals surface area contributed by atoms with Crippen LogP contribution in [0.5, 0.6) is 5.75 Å². The number of methoxy groups -OCH3 is 1. The molecule has 6 heteroatoms. The van der Waals surface area contributed by atoms with E-state index in [4.69, 9.17) is 4.74 Å². The van der Waals surface area contributed by atoms with Crippen molar-refractivity contribution in [1.29, 1.82) is 0 Å². The molecule has 0 amide bonds. The van der Waals surface area contributed by atoms with E-state index in [0.717, 1.165) is 29.7 Å². The van der Waals surface area contributed by atoms with Gasteiger partial charge in [0.2, 0.25) is 0 Å². The van der Waals surface area contributed by atoms with Crippen molar-refractivity contribution < 1.29 is 9.84 Å². The van der Waals surface area contributed by atoms with Gasteiger partial charge < -0.3 is 20.5 Å². The van der Waals surface area contributed by atoms with Crippen LogP contribution >= 0.6 is 24.0 Å². The predicted octanol–water partition coefficient (Wildman–Crippen LogP) is 3.87. The molecule has 3 N–H and O–H groups in total. The summed E-state index contributed by atoms with van der Waals surface area (Å²) < 4.78 is 5.22. The van der Waals surface area contributed by atoms with Crippen LogP contribution in [0.25, 0.3) is 0 Å². The summed E-state index contributed by atoms with van der Waals surface area (Å²) in [4.78, 5) is 4.59. The summed E-state index contributed by atoms with van der Waals surface area (Å²) in [7, 11) is 1.63. The summed E-state index contributed by atoms with van der Waals surface area (Å²) in [5, 5.41) is 17.3. The lowest BCUT2D eigenvalue weighted by Crippen LogP contribution is -2.45. The van der Waals surface area contributed by atoms with Crippen LogP contribution in [0, 0.1) is 5.92 Å². The largest absolute Gasteiger partial charge is 0.497 e. The summed E-state index contributed by atoms with van der Waals surface area (Å²) in [6, 6.07) is 7.99. The molecule has 1 aromatic rings. The lowest BCUT2D eigenvalue weighted by atomic mass is 9.84. The van der Waals surface area contributed by atoms with Crippen molar-refractivity contribution in [1.82, 2.24) is 10.6 Å². The minimum Gasteiger partial charge on any atom is -0.497 e. The van der Waals surface area contributed by atoms with E-state index in [2.05, 4.69) is 29.5 Å². The van der Waals surface area contributed by atoms with Crippen LogP contribution in [-0.2, 0) is 0 Å². The maximum absolute atomic E-state index is 10.4. The first-order chi connectivity index (χ1) is 12.2. The Balaban J connectivity index is 0.00000338. The zero-order valence-corrected chi connectivity index (χ0v) is 18.5. The third-order valence-electron chi connectivity index (χ3n) is 4.95. The molecule has 5 nitrogen and oxygen atoms in total. The van der Waals surface area contributed by atoms with E-state index in [9.17, 15) is 5.11 Å². The van der Waals surface area contributed by atoms with Crippen LogP contribution in [-0.4, -0.2) is 37.3 Å². The van der Waals surface area contributed by atoms with Gasteiger partial charge in [-0.2, -0.15) is 0 Å². The van der Waals surface area contributed by atoms with E-state index in [1.807, 2.05) is 24.3 Å². The Kier molecular flexibility index (Phi) is 11.0. The Bertz CT molecular complexity index is 554. The topological polar surface area (TPSA) is 65.9 Å². The molecule has 0 aromatic heterocycles. The van der Waals surface area contributed by atoms with E-state index < -0.39 is 6.10 Å². The van der Waals surface area contributed by atoms with Crippen LogP contribution in [0.3, 0.4) is 0 Å². The Morgan fingerprint density at radius 1 is 1.35 bits per heavy atom. The SMILES string of the molecule is CCNC(=NCC(O)c1cccc(OC)c1)NC1CCCC(CC)C1.I. The number of aliphatic imine (C=N–C) groups is 1. The first-order valence-corrected chi connectivity index (χ1v) is 9.53. The van der Waals surface area contributed by atoms with Gasteiger partial charge in [-0.15, -0.1) is 24.0 Å². The molecule has 0 heterocycles. The number of rotatable bonds is 7. The molecule has 148 valence electrons. The monoisotopic (exact) mass is 475 g/mol. The first kappa shape index (κ1) is 23.0. The second-order valence-electron chi connectivity index (χ2n) is 6.79. The summed E-state index contributed by atoms with van der Waals surface area (Å²) >= 11 is 0. The normalized spacial score (nSPS) is 21.5. The van der Waals surface area contributed by atoms with E-state index >= 15 is 0 Å². The lowest BCUT2D eigenvalue weighted by Gasteiger charge is -2.30. The number of aliphatic hydroxyl groups is 1. The molecular formula is C20H34IN3O2. The van der Waals surface area contributed by atoms with Crippen molar-refractivity contribution in [3.8, 4) is 5.75 Å². The molecule has 3 unspecified atom stereocenters. The number of nitrogens with one attached hydrogen (secondary N) is 2. The fourth-order valence-corrected chi connectivity index (χ4v) is 3.44. The molecule has 0 aliphatic heterocycles. The fraction of sp³-hybridized carbons (Fsp3) is 0.650. The highest BCUT2D eigenvalue weighted by atomic mass is 127. The highest BCUT2D eigenvalue weighted by Crippen LogP contribution is 2.26. The summed E-state index contributed by atoms with van der Waals surface area (Å²) in [6.45, 7) is 5.47. The third-order valence-corrected chi connectivity index (χ3v) is 4.95. The number of aliphatic hydroxyl groups excluding tert-OH is 1. The number of nitrogens with zero attached hydrogens (tertiary/aromatic N) is 1. The Morgan fingerprint density at radius 2 is 2.15 bits per heavy atom. The molecule has 1 saturated carbocycles. The van der Waals surface area contributed by atoms with E-state index in [1.165, 1.54) is 32.1 Å². The third kappa shape index (κ3) is 7.31. The van der Waals surface area contributed by atoms with Gasteiger partial charge in [-0.05, 0) is 43.4 Å². The molecule has 0 radical (unpaired) electrons. The summed E-state index contributed by atoms with van der Waals surface area (Å²) in [5.41, 5.74) is 0.822. The van der Waals surface area contributed by atoms with E-state index in [0.29, 0.717) is 12.6 Å². The second kappa shape index (κ2) is 12.4. The molecule has 0 saturated heterocycles. The standard InChI is InChI=1S/C20H33N3O2.HI/c1-4-15-8-6-10-17(12-15)23-20(21-5-2)22-14-19(24)16-9-7-11-18(13-16)25-3;/h7,9,11,13,15,17,19,24H,4-6,8,10,12,14H2,1-3H3,(H2,21,22,23);1H. The number of guanidine groups is 1. The van der Waals surface area contributed by atoms with Gasteiger partial charge in [0.05, 0.1) is 19.8 Å². The number of halogens is 1. The van der Waals surface area contributed by atoms with Crippen LogP contribution in [0.1, 0.15) is 57.6 Å². The summed E-state index contributed by atoms with van der Waals surface area (Å²) in [6.07, 6.45) is 5.64. The van der Waals surface area contributed by atoms with Crippen LogP contribution in [0.15, 0.2) is 29.3 Å². The van der Waals surface area contributed by atoms with Gasteiger partial charge >= 0.3 is 0 Å². The van der Waals surface area contributed by atoms with Gasteiger partial charge in [0.1, 0.15) is 5.75 Å². The molecule has 3 atom stereocenters. The average molecular weight is 475 g/mol. The van der Waals surface area contributed by atoms with Crippen LogP contribution < -0.4 is 15.4 Å². The van der Waals surface area contributed by atoms with Gasteiger partial charge in [0.25, 0.3) is 0 Å². The molecular weight excluding hydrogens is 441 g/mol. The van der Waals surface area contributed by atoms with Crippen molar-refractivity contribution in [2.45, 2.75) is 58.1 Å². The zero-order chi connectivity index (χ0) is 18.1. The lowest BCUT2D eigenvalue weighted by molar-refractivity contribution is 0.186. The summed E-state index contributed by atoms with van der Waals surface area (Å²) in [5.74, 6) is 2.36. The molecule has 2 rings (SSSR count). The molecule has 1 aliphatic rings. The Morgan fingerprint density at radius 3 is 2.85 bits per heavy atom. The second-order valence-corrected chi connectivity index (χ2v) is 6.79.